The van der Waals surface area contributed by atoms with Gasteiger partial charge in [0, 0.05) is 18.5 Å². The third-order valence-corrected chi connectivity index (χ3v) is 5.24. The largest absolute Gasteiger partial charge is 0.335 e. The van der Waals surface area contributed by atoms with Gasteiger partial charge in [-0.15, -0.1) is 12.4 Å². The molecule has 128 valence electrons. The first-order valence-corrected chi connectivity index (χ1v) is 8.73. The van der Waals surface area contributed by atoms with Crippen LogP contribution in [0.1, 0.15) is 49.7 Å². The first-order chi connectivity index (χ1) is 10.7. The van der Waals surface area contributed by atoms with Crippen LogP contribution in [0.4, 0.5) is 0 Å². The molecule has 0 atom stereocenters. The number of carbonyl (C=O) groups is 1. The SMILES string of the molecule is Cc1cccc(CN(C(=O)C2CCC(CN)CC2)C2CC2)c1.Cl. The average molecular weight is 337 g/mol. The van der Waals surface area contributed by atoms with Gasteiger partial charge in [0.2, 0.25) is 5.91 Å². The Hall–Kier alpha value is -1.06. The van der Waals surface area contributed by atoms with Gasteiger partial charge in [0.15, 0.2) is 0 Å². The minimum absolute atomic E-state index is 0. The van der Waals surface area contributed by atoms with Crippen LogP contribution in [0.15, 0.2) is 24.3 Å². The summed E-state index contributed by atoms with van der Waals surface area (Å²) in [6.07, 6.45) is 6.65. The van der Waals surface area contributed by atoms with E-state index in [9.17, 15) is 4.79 Å². The fraction of sp³-hybridized carbons (Fsp3) is 0.632. The second kappa shape index (κ2) is 8.16. The van der Waals surface area contributed by atoms with E-state index in [1.165, 1.54) is 24.0 Å². The van der Waals surface area contributed by atoms with Crippen LogP contribution in [0.25, 0.3) is 0 Å². The highest BCUT2D eigenvalue weighted by molar-refractivity contribution is 5.85. The van der Waals surface area contributed by atoms with Gasteiger partial charge in [-0.1, -0.05) is 29.8 Å². The predicted molar refractivity (Wildman–Crippen MR) is 96.5 cm³/mol. The quantitative estimate of drug-likeness (QED) is 0.891. The van der Waals surface area contributed by atoms with Gasteiger partial charge in [-0.25, -0.2) is 0 Å². The van der Waals surface area contributed by atoms with Crippen molar-refractivity contribution in [3.05, 3.63) is 35.4 Å². The van der Waals surface area contributed by atoms with Gasteiger partial charge in [0.25, 0.3) is 0 Å². The molecule has 1 aromatic rings. The zero-order valence-electron chi connectivity index (χ0n) is 14.0. The van der Waals surface area contributed by atoms with E-state index in [1.54, 1.807) is 0 Å². The van der Waals surface area contributed by atoms with Crippen LogP contribution in [0.3, 0.4) is 0 Å². The third-order valence-electron chi connectivity index (χ3n) is 5.24. The molecule has 0 radical (unpaired) electrons. The Morgan fingerprint density at radius 3 is 2.43 bits per heavy atom. The Labute approximate surface area is 146 Å². The fourth-order valence-corrected chi connectivity index (χ4v) is 3.66. The number of benzene rings is 1. The number of amides is 1. The van der Waals surface area contributed by atoms with Crippen molar-refractivity contribution in [1.82, 2.24) is 4.90 Å². The second-order valence-electron chi connectivity index (χ2n) is 7.14. The molecule has 2 saturated carbocycles. The Bertz CT molecular complexity index is 522. The number of carbonyl (C=O) groups excluding carboxylic acids is 1. The van der Waals surface area contributed by atoms with Gasteiger partial charge >= 0.3 is 0 Å². The lowest BCUT2D eigenvalue weighted by atomic mass is 9.81. The van der Waals surface area contributed by atoms with Crippen LogP contribution >= 0.6 is 12.4 Å². The number of nitrogens with two attached hydrogens (primary N) is 1. The third kappa shape index (κ3) is 4.71. The van der Waals surface area contributed by atoms with Gasteiger partial charge in [-0.3, -0.25) is 4.79 Å². The van der Waals surface area contributed by atoms with Crippen LogP contribution in [-0.2, 0) is 11.3 Å². The Kier molecular flexibility index (Phi) is 6.49. The number of hydrogen-bond donors (Lipinski definition) is 1. The average Bonchev–Trinajstić information content (AvgIpc) is 3.37. The van der Waals surface area contributed by atoms with E-state index in [-0.39, 0.29) is 18.3 Å². The number of rotatable bonds is 5. The molecule has 0 bridgehead atoms. The number of aryl methyl sites for hydroxylation is 1. The molecule has 0 aliphatic heterocycles. The maximum Gasteiger partial charge on any atom is 0.226 e. The van der Waals surface area contributed by atoms with Crippen molar-refractivity contribution >= 4 is 18.3 Å². The zero-order valence-corrected chi connectivity index (χ0v) is 14.9. The molecule has 3 rings (SSSR count). The van der Waals surface area contributed by atoms with Gasteiger partial charge < -0.3 is 10.6 Å². The number of hydrogen-bond acceptors (Lipinski definition) is 2. The normalized spacial score (nSPS) is 23.9. The van der Waals surface area contributed by atoms with E-state index in [1.807, 2.05) is 0 Å². The summed E-state index contributed by atoms with van der Waals surface area (Å²) in [5.41, 5.74) is 8.29. The minimum Gasteiger partial charge on any atom is -0.335 e. The summed E-state index contributed by atoms with van der Waals surface area (Å²) in [5.74, 6) is 1.25. The molecule has 0 saturated heterocycles. The van der Waals surface area contributed by atoms with Gasteiger partial charge in [0.1, 0.15) is 0 Å². The van der Waals surface area contributed by atoms with Crippen molar-refractivity contribution in [1.29, 1.82) is 0 Å². The molecule has 2 N–H and O–H groups in total. The Morgan fingerprint density at radius 1 is 1.17 bits per heavy atom. The van der Waals surface area contributed by atoms with Crippen LogP contribution in [0.5, 0.6) is 0 Å². The Balaban J connectivity index is 0.00000192. The summed E-state index contributed by atoms with van der Waals surface area (Å²) in [6, 6.07) is 9.03. The van der Waals surface area contributed by atoms with E-state index in [0.29, 0.717) is 17.9 Å². The molecule has 23 heavy (non-hydrogen) atoms. The van der Waals surface area contributed by atoms with Crippen LogP contribution < -0.4 is 5.73 Å². The minimum atomic E-state index is 0. The van der Waals surface area contributed by atoms with Crippen molar-refractivity contribution < 1.29 is 4.79 Å². The van der Waals surface area contributed by atoms with E-state index >= 15 is 0 Å². The number of halogens is 1. The summed E-state index contributed by atoms with van der Waals surface area (Å²) >= 11 is 0. The van der Waals surface area contributed by atoms with Gasteiger partial charge in [0.05, 0.1) is 0 Å². The van der Waals surface area contributed by atoms with Gasteiger partial charge in [-0.05, 0) is 63.5 Å². The molecule has 2 fully saturated rings. The van der Waals surface area contributed by atoms with Crippen LogP contribution in [-0.4, -0.2) is 23.4 Å². The lowest BCUT2D eigenvalue weighted by Gasteiger charge is -2.32. The molecule has 2 aliphatic rings. The molecular weight excluding hydrogens is 308 g/mol. The molecular formula is C19H29ClN2O. The van der Waals surface area contributed by atoms with Crippen molar-refractivity contribution in [2.45, 2.75) is 58.0 Å². The monoisotopic (exact) mass is 336 g/mol. The van der Waals surface area contributed by atoms with Crippen molar-refractivity contribution in [2.24, 2.45) is 17.6 Å². The topological polar surface area (TPSA) is 46.3 Å². The molecule has 0 aromatic heterocycles. The maximum absolute atomic E-state index is 13.0. The van der Waals surface area contributed by atoms with E-state index < -0.39 is 0 Å². The molecule has 4 heteroatoms. The zero-order chi connectivity index (χ0) is 15.5. The molecule has 1 amide bonds. The maximum atomic E-state index is 13.0. The summed E-state index contributed by atoms with van der Waals surface area (Å²) in [4.78, 5) is 15.1. The first kappa shape index (κ1) is 18.3. The van der Waals surface area contributed by atoms with E-state index in [2.05, 4.69) is 36.1 Å². The van der Waals surface area contributed by atoms with Crippen LogP contribution in [0.2, 0.25) is 0 Å². The highest BCUT2D eigenvalue weighted by Gasteiger charge is 2.36. The summed E-state index contributed by atoms with van der Waals surface area (Å²) < 4.78 is 0. The lowest BCUT2D eigenvalue weighted by molar-refractivity contribution is -0.138. The highest BCUT2D eigenvalue weighted by Crippen LogP contribution is 2.34. The highest BCUT2D eigenvalue weighted by atomic mass is 35.5. The standard InChI is InChI=1S/C19H28N2O.ClH/c1-14-3-2-4-16(11-14)13-21(18-9-10-18)19(22)17-7-5-15(12-20)6-8-17;/h2-4,11,15,17-18H,5-10,12-13,20H2,1H3;1H. The van der Waals surface area contributed by atoms with E-state index in [0.717, 1.165) is 38.8 Å². The molecule has 0 heterocycles. The fourth-order valence-electron chi connectivity index (χ4n) is 3.66. The molecule has 3 nitrogen and oxygen atoms in total. The Morgan fingerprint density at radius 2 is 1.87 bits per heavy atom. The van der Waals surface area contributed by atoms with E-state index in [4.69, 9.17) is 5.73 Å². The summed E-state index contributed by atoms with van der Waals surface area (Å²) in [7, 11) is 0. The smallest absolute Gasteiger partial charge is 0.226 e. The van der Waals surface area contributed by atoms with Crippen molar-refractivity contribution in [3.63, 3.8) is 0 Å². The summed E-state index contributed by atoms with van der Waals surface area (Å²) in [6.45, 7) is 3.67. The molecule has 0 unspecified atom stereocenters. The van der Waals surface area contributed by atoms with Crippen molar-refractivity contribution in [2.75, 3.05) is 6.54 Å². The van der Waals surface area contributed by atoms with Crippen molar-refractivity contribution in [3.8, 4) is 0 Å². The predicted octanol–water partition coefficient (Wildman–Crippen LogP) is 3.67. The van der Waals surface area contributed by atoms with Crippen LogP contribution in [0, 0.1) is 18.8 Å². The summed E-state index contributed by atoms with van der Waals surface area (Å²) in [5, 5.41) is 0. The first-order valence-electron chi connectivity index (χ1n) is 8.73. The lowest BCUT2D eigenvalue weighted by Crippen LogP contribution is -2.39. The molecule has 2 aliphatic carbocycles. The molecule has 1 aromatic carbocycles. The number of nitrogens with zero attached hydrogens (tertiary/aromatic N) is 1. The molecule has 0 spiro atoms. The second-order valence-corrected chi connectivity index (χ2v) is 7.14. The van der Waals surface area contributed by atoms with Gasteiger partial charge in [-0.2, -0.15) is 0 Å².